The zero-order chi connectivity index (χ0) is 20.9. The second-order valence-electron chi connectivity index (χ2n) is 7.00. The van der Waals surface area contributed by atoms with Gasteiger partial charge in [0.2, 0.25) is 0 Å². The molecule has 4 rings (SSSR count). The van der Waals surface area contributed by atoms with Gasteiger partial charge >= 0.3 is 0 Å². The Kier molecular flexibility index (Phi) is 5.57. The minimum absolute atomic E-state index is 0.244. The lowest BCUT2D eigenvalue weighted by Gasteiger charge is -2.19. The van der Waals surface area contributed by atoms with Crippen molar-refractivity contribution in [3.8, 4) is 17.0 Å². The van der Waals surface area contributed by atoms with Gasteiger partial charge in [0.25, 0.3) is 5.91 Å². The fraction of sp³-hybridized carbons (Fsp3) is 0.125. The van der Waals surface area contributed by atoms with Gasteiger partial charge in [0.05, 0.1) is 18.8 Å². The fourth-order valence-electron chi connectivity index (χ4n) is 3.24. The normalized spacial score (nSPS) is 11.7. The monoisotopic (exact) mass is 398 g/mol. The van der Waals surface area contributed by atoms with Gasteiger partial charge in [-0.3, -0.25) is 14.9 Å². The predicted molar refractivity (Wildman–Crippen MR) is 115 cm³/mol. The van der Waals surface area contributed by atoms with Crippen LogP contribution >= 0.6 is 0 Å². The van der Waals surface area contributed by atoms with E-state index in [9.17, 15) is 4.79 Å². The zero-order valence-corrected chi connectivity index (χ0v) is 16.8. The highest BCUT2D eigenvalue weighted by Gasteiger charge is 2.20. The van der Waals surface area contributed by atoms with Crippen LogP contribution in [0.2, 0.25) is 0 Å². The number of benzene rings is 2. The van der Waals surface area contributed by atoms with E-state index in [1.165, 1.54) is 0 Å². The number of carbonyl (C=O) groups excluding carboxylic acids is 1. The molecule has 0 saturated carbocycles. The van der Waals surface area contributed by atoms with Crippen LogP contribution in [0, 0.1) is 6.92 Å². The Bertz CT molecular complexity index is 1140. The molecular weight excluding hydrogens is 376 g/mol. The van der Waals surface area contributed by atoms with E-state index in [0.29, 0.717) is 11.4 Å². The van der Waals surface area contributed by atoms with E-state index in [2.05, 4.69) is 20.5 Å². The Morgan fingerprint density at radius 3 is 2.60 bits per heavy atom. The highest BCUT2D eigenvalue weighted by Crippen LogP contribution is 2.24. The molecule has 0 aliphatic carbocycles. The molecule has 0 radical (unpaired) electrons. The van der Waals surface area contributed by atoms with Gasteiger partial charge in [0.15, 0.2) is 0 Å². The van der Waals surface area contributed by atoms with Gasteiger partial charge < -0.3 is 10.1 Å². The summed E-state index contributed by atoms with van der Waals surface area (Å²) in [4.78, 5) is 17.2. The Labute approximate surface area is 175 Å². The molecule has 30 heavy (non-hydrogen) atoms. The maximum absolute atomic E-state index is 13.0. The Morgan fingerprint density at radius 1 is 1.03 bits per heavy atom. The topological polar surface area (TPSA) is 79.9 Å². The van der Waals surface area contributed by atoms with Crippen molar-refractivity contribution in [1.29, 1.82) is 0 Å². The van der Waals surface area contributed by atoms with Crippen LogP contribution in [-0.2, 0) is 0 Å². The van der Waals surface area contributed by atoms with Crippen LogP contribution in [0.5, 0.6) is 5.75 Å². The number of amides is 1. The largest absolute Gasteiger partial charge is 0.497 e. The second kappa shape index (κ2) is 8.61. The molecule has 0 spiro atoms. The first-order chi connectivity index (χ1) is 14.6. The number of nitrogens with one attached hydrogen (secondary N) is 2. The molecule has 6 heteroatoms. The van der Waals surface area contributed by atoms with Crippen LogP contribution < -0.4 is 10.1 Å². The number of carbonyl (C=O) groups is 1. The summed E-state index contributed by atoms with van der Waals surface area (Å²) in [5.74, 6) is 0.489. The summed E-state index contributed by atoms with van der Waals surface area (Å²) in [6.45, 7) is 2.03. The number of ether oxygens (including phenoxy) is 1. The van der Waals surface area contributed by atoms with Crippen molar-refractivity contribution in [2.75, 3.05) is 7.11 Å². The maximum Gasteiger partial charge on any atom is 0.270 e. The minimum Gasteiger partial charge on any atom is -0.497 e. The van der Waals surface area contributed by atoms with E-state index < -0.39 is 0 Å². The molecule has 0 bridgehead atoms. The van der Waals surface area contributed by atoms with Crippen molar-refractivity contribution in [3.63, 3.8) is 0 Å². The van der Waals surface area contributed by atoms with Gasteiger partial charge in [0, 0.05) is 18.0 Å². The molecule has 0 aliphatic rings. The lowest BCUT2D eigenvalue weighted by Crippen LogP contribution is -2.29. The molecule has 0 fully saturated rings. The number of aromatic nitrogens is 3. The molecule has 0 saturated heterocycles. The molecule has 1 unspecified atom stereocenters. The summed E-state index contributed by atoms with van der Waals surface area (Å²) in [7, 11) is 1.62. The number of pyridine rings is 1. The molecule has 1 atom stereocenters. The first kappa shape index (κ1) is 19.4. The van der Waals surface area contributed by atoms with Crippen LogP contribution in [0.25, 0.3) is 11.3 Å². The molecule has 2 aromatic carbocycles. The number of aryl methyl sites for hydroxylation is 1. The third-order valence-electron chi connectivity index (χ3n) is 4.89. The summed E-state index contributed by atoms with van der Waals surface area (Å²) < 4.78 is 5.27. The van der Waals surface area contributed by atoms with Gasteiger partial charge in [-0.05, 0) is 42.3 Å². The van der Waals surface area contributed by atoms with Crippen LogP contribution in [-0.4, -0.2) is 28.2 Å². The minimum atomic E-state index is -0.324. The molecule has 6 nitrogen and oxygen atoms in total. The summed E-state index contributed by atoms with van der Waals surface area (Å²) >= 11 is 0. The van der Waals surface area contributed by atoms with Crippen LogP contribution in [0.1, 0.15) is 33.2 Å². The number of H-pyrrole nitrogens is 1. The number of methoxy groups -OCH3 is 1. The average molecular weight is 398 g/mol. The third kappa shape index (κ3) is 4.22. The third-order valence-corrected chi connectivity index (χ3v) is 4.89. The first-order valence-electron chi connectivity index (χ1n) is 9.61. The van der Waals surface area contributed by atoms with E-state index in [0.717, 1.165) is 28.0 Å². The van der Waals surface area contributed by atoms with Gasteiger partial charge in [-0.15, -0.1) is 0 Å². The van der Waals surface area contributed by atoms with E-state index in [1.807, 2.05) is 67.6 Å². The van der Waals surface area contributed by atoms with Gasteiger partial charge in [0.1, 0.15) is 11.4 Å². The molecule has 0 aliphatic heterocycles. The Hall–Kier alpha value is -3.93. The summed E-state index contributed by atoms with van der Waals surface area (Å²) in [6.07, 6.45) is 3.48. The molecule has 2 N–H and O–H groups in total. The highest BCUT2D eigenvalue weighted by atomic mass is 16.5. The number of hydrogen-bond donors (Lipinski definition) is 2. The molecule has 2 heterocycles. The molecule has 4 aromatic rings. The van der Waals surface area contributed by atoms with Gasteiger partial charge in [-0.1, -0.05) is 48.0 Å². The number of hydrogen-bond acceptors (Lipinski definition) is 4. The lowest BCUT2D eigenvalue weighted by atomic mass is 9.99. The fourth-order valence-corrected chi connectivity index (χ4v) is 3.24. The Morgan fingerprint density at radius 2 is 1.87 bits per heavy atom. The summed E-state index contributed by atoms with van der Waals surface area (Å²) in [6, 6.07) is 20.9. The maximum atomic E-state index is 13.0. The average Bonchev–Trinajstić information content (AvgIpc) is 3.29. The number of rotatable bonds is 6. The van der Waals surface area contributed by atoms with Gasteiger partial charge in [-0.2, -0.15) is 5.10 Å². The second-order valence-corrected chi connectivity index (χ2v) is 7.00. The smallest absolute Gasteiger partial charge is 0.270 e. The van der Waals surface area contributed by atoms with E-state index in [4.69, 9.17) is 4.74 Å². The van der Waals surface area contributed by atoms with Crippen molar-refractivity contribution < 1.29 is 9.53 Å². The molecule has 2 aromatic heterocycles. The standard InChI is InChI=1S/C24H22N4O2/c1-16-8-10-17(11-9-16)23(19-6-4-12-25-15-19)26-24(29)22-14-21(27-28-22)18-5-3-7-20(13-18)30-2/h3-15,23H,1-2H3,(H,26,29)(H,27,28). The lowest BCUT2D eigenvalue weighted by molar-refractivity contribution is 0.0938. The van der Waals surface area contributed by atoms with Crippen molar-refractivity contribution in [3.05, 3.63) is 102 Å². The first-order valence-corrected chi connectivity index (χ1v) is 9.61. The van der Waals surface area contributed by atoms with E-state index in [-0.39, 0.29) is 11.9 Å². The van der Waals surface area contributed by atoms with Crippen molar-refractivity contribution in [2.45, 2.75) is 13.0 Å². The quantitative estimate of drug-likeness (QED) is 0.507. The summed E-state index contributed by atoms with van der Waals surface area (Å²) in [5, 5.41) is 10.2. The zero-order valence-electron chi connectivity index (χ0n) is 16.8. The molecule has 1 amide bonds. The number of aromatic amines is 1. The summed E-state index contributed by atoms with van der Waals surface area (Å²) in [5.41, 5.74) is 4.97. The molecule has 150 valence electrons. The number of nitrogens with zero attached hydrogens (tertiary/aromatic N) is 2. The molecular formula is C24H22N4O2. The van der Waals surface area contributed by atoms with Crippen molar-refractivity contribution in [1.82, 2.24) is 20.5 Å². The van der Waals surface area contributed by atoms with Crippen LogP contribution in [0.15, 0.2) is 79.1 Å². The van der Waals surface area contributed by atoms with Crippen molar-refractivity contribution in [2.24, 2.45) is 0 Å². The predicted octanol–water partition coefficient (Wildman–Crippen LogP) is 4.31. The van der Waals surface area contributed by atoms with Crippen molar-refractivity contribution >= 4 is 5.91 Å². The van der Waals surface area contributed by atoms with E-state index >= 15 is 0 Å². The van der Waals surface area contributed by atoms with Crippen LogP contribution in [0.3, 0.4) is 0 Å². The van der Waals surface area contributed by atoms with Gasteiger partial charge in [-0.25, -0.2) is 0 Å². The van der Waals surface area contributed by atoms with Crippen LogP contribution in [0.4, 0.5) is 0 Å². The van der Waals surface area contributed by atoms with E-state index in [1.54, 1.807) is 25.6 Å². The highest BCUT2D eigenvalue weighted by molar-refractivity contribution is 5.93. The Balaban J connectivity index is 1.60. The SMILES string of the molecule is COc1cccc(-c2cc(C(=O)NC(c3ccc(C)cc3)c3cccnc3)[nH]n2)c1.